The molecule has 0 saturated carbocycles. The van der Waals surface area contributed by atoms with Crippen molar-refractivity contribution < 1.29 is 9.90 Å². The fourth-order valence-electron chi connectivity index (χ4n) is 2.24. The molecule has 0 bridgehead atoms. The van der Waals surface area contributed by atoms with Gasteiger partial charge < -0.3 is 5.11 Å². The Morgan fingerprint density at radius 2 is 1.41 bits per heavy atom. The zero-order valence-corrected chi connectivity index (χ0v) is 15.1. The molecule has 0 aromatic heterocycles. The van der Waals surface area contributed by atoms with Gasteiger partial charge in [0.15, 0.2) is 0 Å². The van der Waals surface area contributed by atoms with Crippen LogP contribution in [0.25, 0.3) is 5.57 Å². The van der Waals surface area contributed by atoms with Crippen molar-refractivity contribution in [2.24, 2.45) is 0 Å². The van der Waals surface area contributed by atoms with E-state index in [1.165, 1.54) is 11.6 Å². The fourth-order valence-corrected chi connectivity index (χ4v) is 2.60. The number of halogens is 1. The van der Waals surface area contributed by atoms with Crippen LogP contribution in [0.3, 0.4) is 0 Å². The molecule has 2 aromatic carbocycles. The minimum atomic E-state index is -0.937. The van der Waals surface area contributed by atoms with Gasteiger partial charge in [0.25, 0.3) is 0 Å². The van der Waals surface area contributed by atoms with E-state index in [2.05, 4.69) is 55.5 Å². The maximum Gasteiger partial charge on any atom is 0.328 e. The van der Waals surface area contributed by atoms with Gasteiger partial charge in [-0.15, -0.1) is 0 Å². The number of carboxylic acid groups (broad SMARTS) is 1. The smallest absolute Gasteiger partial charge is 0.328 e. The Bertz CT molecular complexity index is 690. The molecule has 2 rings (SSSR count). The number of rotatable bonds is 3. The molecule has 114 valence electrons. The van der Waals surface area contributed by atoms with E-state index < -0.39 is 5.97 Å². The highest BCUT2D eigenvalue weighted by atomic mass is 127. The molecule has 0 spiro atoms. The third-order valence-corrected chi connectivity index (χ3v) is 4.20. The number of carboxylic acids is 1. The Hall–Kier alpha value is -1.62. The first-order chi connectivity index (χ1) is 10.3. The maximum absolute atomic E-state index is 11.2. The van der Waals surface area contributed by atoms with Gasteiger partial charge in [-0.3, -0.25) is 0 Å². The highest BCUT2D eigenvalue weighted by Crippen LogP contribution is 2.28. The van der Waals surface area contributed by atoms with Gasteiger partial charge in [0, 0.05) is 9.65 Å². The van der Waals surface area contributed by atoms with Crippen LogP contribution in [0.1, 0.15) is 37.5 Å². The summed E-state index contributed by atoms with van der Waals surface area (Å²) in [6.45, 7) is 6.49. The molecule has 0 atom stereocenters. The highest BCUT2D eigenvalue weighted by molar-refractivity contribution is 14.1. The van der Waals surface area contributed by atoms with Gasteiger partial charge >= 0.3 is 5.97 Å². The topological polar surface area (TPSA) is 37.3 Å². The van der Waals surface area contributed by atoms with E-state index in [-0.39, 0.29) is 5.41 Å². The molecule has 0 saturated heterocycles. The molecule has 2 nitrogen and oxygen atoms in total. The van der Waals surface area contributed by atoms with Crippen LogP contribution >= 0.6 is 22.6 Å². The molecule has 22 heavy (non-hydrogen) atoms. The minimum Gasteiger partial charge on any atom is -0.478 e. The van der Waals surface area contributed by atoms with E-state index >= 15 is 0 Å². The molecule has 0 radical (unpaired) electrons. The van der Waals surface area contributed by atoms with Crippen LogP contribution in [0.2, 0.25) is 0 Å². The third kappa shape index (κ3) is 4.19. The van der Waals surface area contributed by atoms with Crippen molar-refractivity contribution in [2.45, 2.75) is 26.2 Å². The van der Waals surface area contributed by atoms with Gasteiger partial charge in [-0.1, -0.05) is 57.2 Å². The molecule has 0 amide bonds. The number of aliphatic carboxylic acids is 1. The highest BCUT2D eigenvalue weighted by Gasteiger charge is 2.14. The van der Waals surface area contributed by atoms with Gasteiger partial charge in [0.2, 0.25) is 0 Å². The van der Waals surface area contributed by atoms with Crippen LogP contribution in [0.4, 0.5) is 0 Å². The van der Waals surface area contributed by atoms with Crippen LogP contribution in [0.5, 0.6) is 0 Å². The second-order valence-electron chi connectivity index (χ2n) is 6.23. The molecular formula is C19H19IO2. The summed E-state index contributed by atoms with van der Waals surface area (Å²) in [6.07, 6.45) is 1.27. The summed E-state index contributed by atoms with van der Waals surface area (Å²) >= 11 is 2.24. The minimum absolute atomic E-state index is 0.0814. The van der Waals surface area contributed by atoms with Gasteiger partial charge in [-0.05, 0) is 62.4 Å². The average molecular weight is 406 g/mol. The number of carbonyl (C=O) groups is 1. The molecule has 0 unspecified atom stereocenters. The van der Waals surface area contributed by atoms with E-state index in [0.717, 1.165) is 20.3 Å². The zero-order chi connectivity index (χ0) is 16.3. The summed E-state index contributed by atoms with van der Waals surface area (Å²) in [7, 11) is 0. The lowest BCUT2D eigenvalue weighted by atomic mass is 9.85. The Labute approximate surface area is 145 Å². The molecule has 0 fully saturated rings. The fraction of sp³-hybridized carbons (Fsp3) is 0.211. The molecule has 0 aliphatic heterocycles. The Morgan fingerprint density at radius 3 is 1.82 bits per heavy atom. The van der Waals surface area contributed by atoms with E-state index in [0.29, 0.717) is 0 Å². The summed E-state index contributed by atoms with van der Waals surface area (Å²) in [5, 5.41) is 9.17. The van der Waals surface area contributed by atoms with E-state index in [1.54, 1.807) is 0 Å². The van der Waals surface area contributed by atoms with Crippen molar-refractivity contribution in [3.05, 3.63) is 74.9 Å². The Balaban J connectivity index is 2.47. The standard InChI is InChI=1S/C19H19IO2/c1-19(2,3)15-8-4-13(5-9-15)17(12-18(21)22)14-6-10-16(20)11-7-14/h4-12H,1-3H3,(H,21,22)/b17-12+. The maximum atomic E-state index is 11.2. The SMILES string of the molecule is CC(C)(C)c1ccc(/C(=C\C(=O)O)c2ccc(I)cc2)cc1. The van der Waals surface area contributed by atoms with E-state index in [1.807, 2.05) is 36.4 Å². The monoisotopic (exact) mass is 406 g/mol. The number of benzene rings is 2. The Morgan fingerprint density at radius 1 is 0.955 bits per heavy atom. The quantitative estimate of drug-likeness (QED) is 0.569. The van der Waals surface area contributed by atoms with Crippen LogP contribution < -0.4 is 0 Å². The van der Waals surface area contributed by atoms with Gasteiger partial charge in [0.05, 0.1) is 0 Å². The van der Waals surface area contributed by atoms with Crippen molar-refractivity contribution >= 4 is 34.1 Å². The van der Waals surface area contributed by atoms with Crippen LogP contribution in [-0.2, 0) is 10.2 Å². The lowest BCUT2D eigenvalue weighted by molar-refractivity contribution is -0.131. The van der Waals surface area contributed by atoms with Crippen LogP contribution in [0.15, 0.2) is 54.6 Å². The number of hydrogen-bond donors (Lipinski definition) is 1. The summed E-state index contributed by atoms with van der Waals surface area (Å²) < 4.78 is 1.12. The number of hydrogen-bond acceptors (Lipinski definition) is 1. The van der Waals surface area contributed by atoms with Crippen LogP contribution in [-0.4, -0.2) is 11.1 Å². The zero-order valence-electron chi connectivity index (χ0n) is 12.9. The van der Waals surface area contributed by atoms with Gasteiger partial charge in [0.1, 0.15) is 0 Å². The predicted molar refractivity (Wildman–Crippen MR) is 99.0 cm³/mol. The normalized spacial score (nSPS) is 12.3. The summed E-state index contributed by atoms with van der Waals surface area (Å²) in [6, 6.07) is 16.0. The molecule has 0 aliphatic rings. The second-order valence-corrected chi connectivity index (χ2v) is 7.48. The summed E-state index contributed by atoms with van der Waals surface area (Å²) in [5.41, 5.74) is 3.86. The molecule has 0 aliphatic carbocycles. The average Bonchev–Trinajstić information content (AvgIpc) is 2.45. The van der Waals surface area contributed by atoms with Gasteiger partial charge in [-0.2, -0.15) is 0 Å². The molecule has 2 aromatic rings. The lowest BCUT2D eigenvalue weighted by Gasteiger charge is -2.19. The second kappa shape index (κ2) is 6.65. The van der Waals surface area contributed by atoms with Crippen molar-refractivity contribution in [3.63, 3.8) is 0 Å². The van der Waals surface area contributed by atoms with Gasteiger partial charge in [-0.25, -0.2) is 4.79 Å². The first-order valence-corrected chi connectivity index (χ1v) is 8.17. The first-order valence-electron chi connectivity index (χ1n) is 7.09. The third-order valence-electron chi connectivity index (χ3n) is 3.48. The largest absolute Gasteiger partial charge is 0.478 e. The molecular weight excluding hydrogens is 387 g/mol. The van der Waals surface area contributed by atoms with Crippen molar-refractivity contribution in [3.8, 4) is 0 Å². The molecule has 3 heteroatoms. The van der Waals surface area contributed by atoms with E-state index in [4.69, 9.17) is 5.11 Å². The lowest BCUT2D eigenvalue weighted by Crippen LogP contribution is -2.10. The van der Waals surface area contributed by atoms with Crippen molar-refractivity contribution in [1.29, 1.82) is 0 Å². The predicted octanol–water partition coefficient (Wildman–Crippen LogP) is 5.11. The Kier molecular flexibility index (Phi) is 5.06. The van der Waals surface area contributed by atoms with Crippen molar-refractivity contribution in [2.75, 3.05) is 0 Å². The molecule has 1 N–H and O–H groups in total. The first kappa shape index (κ1) is 16.7. The van der Waals surface area contributed by atoms with Crippen molar-refractivity contribution in [1.82, 2.24) is 0 Å². The summed E-state index contributed by atoms with van der Waals surface area (Å²) in [4.78, 5) is 11.2. The van der Waals surface area contributed by atoms with Crippen LogP contribution in [0, 0.1) is 3.57 Å². The summed E-state index contributed by atoms with van der Waals surface area (Å²) in [5.74, 6) is -0.937. The van der Waals surface area contributed by atoms with E-state index in [9.17, 15) is 4.79 Å². The molecule has 0 heterocycles.